The summed E-state index contributed by atoms with van der Waals surface area (Å²) in [6.45, 7) is 2.09. The molecule has 0 aliphatic carbocycles. The molecule has 1 aliphatic rings. The zero-order valence-corrected chi connectivity index (χ0v) is 12.1. The molecule has 0 radical (unpaired) electrons. The van der Waals surface area contributed by atoms with Crippen LogP contribution in [0.3, 0.4) is 0 Å². The fourth-order valence-electron chi connectivity index (χ4n) is 2.63. The summed E-state index contributed by atoms with van der Waals surface area (Å²) in [7, 11) is 0. The third-order valence-corrected chi connectivity index (χ3v) is 3.80. The SMILES string of the molecule is Cc1ccc(C2C=C(c3cccnc3)Nc3ncnn32)cc1. The predicted molar refractivity (Wildman–Crippen MR) is 85.2 cm³/mol. The molecule has 0 spiro atoms. The smallest absolute Gasteiger partial charge is 0.226 e. The average molecular weight is 289 g/mol. The van der Waals surface area contributed by atoms with Crippen LogP contribution in [0.5, 0.6) is 0 Å². The van der Waals surface area contributed by atoms with Crippen molar-refractivity contribution in [2.24, 2.45) is 0 Å². The fourth-order valence-corrected chi connectivity index (χ4v) is 2.63. The van der Waals surface area contributed by atoms with Gasteiger partial charge in [0, 0.05) is 23.7 Å². The van der Waals surface area contributed by atoms with E-state index in [0.717, 1.165) is 17.2 Å². The maximum atomic E-state index is 4.35. The Labute approximate surface area is 128 Å². The molecule has 1 atom stereocenters. The summed E-state index contributed by atoms with van der Waals surface area (Å²) in [4.78, 5) is 8.49. The minimum atomic E-state index is 0.0227. The Balaban J connectivity index is 1.81. The summed E-state index contributed by atoms with van der Waals surface area (Å²) < 4.78 is 1.89. The minimum Gasteiger partial charge on any atom is -0.324 e. The highest BCUT2D eigenvalue weighted by Crippen LogP contribution is 2.31. The second-order valence-corrected chi connectivity index (χ2v) is 5.33. The lowest BCUT2D eigenvalue weighted by atomic mass is 10.0. The van der Waals surface area contributed by atoms with Gasteiger partial charge in [-0.3, -0.25) is 4.98 Å². The second-order valence-electron chi connectivity index (χ2n) is 5.33. The standard InChI is InChI=1S/C17H15N5/c1-12-4-6-13(7-5-12)16-9-15(14-3-2-8-18-10-14)21-17-19-11-20-22(16)17/h2-11,16H,1H3,(H,19,20,21). The van der Waals surface area contributed by atoms with Crippen LogP contribution in [0.1, 0.15) is 22.7 Å². The maximum Gasteiger partial charge on any atom is 0.226 e. The van der Waals surface area contributed by atoms with Crippen LogP contribution < -0.4 is 5.32 Å². The van der Waals surface area contributed by atoms with E-state index in [1.54, 1.807) is 12.5 Å². The summed E-state index contributed by atoms with van der Waals surface area (Å²) in [5.74, 6) is 0.743. The zero-order valence-electron chi connectivity index (χ0n) is 12.1. The van der Waals surface area contributed by atoms with Gasteiger partial charge in [0.25, 0.3) is 0 Å². The highest BCUT2D eigenvalue weighted by molar-refractivity contribution is 5.76. The van der Waals surface area contributed by atoms with Gasteiger partial charge < -0.3 is 5.32 Å². The Morgan fingerprint density at radius 1 is 1.14 bits per heavy atom. The van der Waals surface area contributed by atoms with Crippen LogP contribution in [0.4, 0.5) is 5.95 Å². The molecule has 5 nitrogen and oxygen atoms in total. The number of anilines is 1. The van der Waals surface area contributed by atoms with Crippen LogP contribution in [0.25, 0.3) is 5.70 Å². The number of allylic oxidation sites excluding steroid dienone is 1. The third kappa shape index (κ3) is 2.16. The van der Waals surface area contributed by atoms with Crippen LogP contribution in [0.2, 0.25) is 0 Å². The molecule has 0 saturated heterocycles. The molecule has 0 fully saturated rings. The monoisotopic (exact) mass is 289 g/mol. The van der Waals surface area contributed by atoms with E-state index in [4.69, 9.17) is 0 Å². The Morgan fingerprint density at radius 3 is 2.77 bits per heavy atom. The van der Waals surface area contributed by atoms with Gasteiger partial charge in [0.15, 0.2) is 0 Å². The number of fused-ring (bicyclic) bond motifs is 1. The molecule has 0 amide bonds. The summed E-state index contributed by atoms with van der Waals surface area (Å²) in [5, 5.41) is 7.66. The van der Waals surface area contributed by atoms with Gasteiger partial charge in [0.2, 0.25) is 5.95 Å². The molecule has 1 unspecified atom stereocenters. The van der Waals surface area contributed by atoms with Gasteiger partial charge in [-0.2, -0.15) is 10.1 Å². The minimum absolute atomic E-state index is 0.0227. The fraction of sp³-hybridized carbons (Fsp3) is 0.118. The summed E-state index contributed by atoms with van der Waals surface area (Å²) >= 11 is 0. The van der Waals surface area contributed by atoms with Gasteiger partial charge >= 0.3 is 0 Å². The molecule has 0 bridgehead atoms. The number of benzene rings is 1. The molecular weight excluding hydrogens is 274 g/mol. The van der Waals surface area contributed by atoms with E-state index >= 15 is 0 Å². The first-order chi connectivity index (χ1) is 10.8. The molecule has 22 heavy (non-hydrogen) atoms. The lowest BCUT2D eigenvalue weighted by Crippen LogP contribution is -2.20. The highest BCUT2D eigenvalue weighted by atomic mass is 15.4. The molecule has 1 N–H and O–H groups in total. The molecule has 3 aromatic rings. The van der Waals surface area contributed by atoms with Gasteiger partial charge in [-0.1, -0.05) is 29.8 Å². The largest absolute Gasteiger partial charge is 0.324 e. The van der Waals surface area contributed by atoms with Crippen LogP contribution in [-0.2, 0) is 0 Å². The Hall–Kier alpha value is -2.95. The number of pyridine rings is 1. The normalized spacial score (nSPS) is 16.6. The van der Waals surface area contributed by atoms with Crippen molar-refractivity contribution in [2.45, 2.75) is 13.0 Å². The molecule has 3 heterocycles. The van der Waals surface area contributed by atoms with Gasteiger partial charge in [-0.15, -0.1) is 0 Å². The number of rotatable bonds is 2. The number of hydrogen-bond donors (Lipinski definition) is 1. The van der Waals surface area contributed by atoms with Crippen LogP contribution in [0, 0.1) is 6.92 Å². The highest BCUT2D eigenvalue weighted by Gasteiger charge is 2.23. The average Bonchev–Trinajstić information content (AvgIpc) is 3.04. The second kappa shape index (κ2) is 5.11. The van der Waals surface area contributed by atoms with Crippen molar-refractivity contribution >= 4 is 11.6 Å². The van der Waals surface area contributed by atoms with Crippen molar-refractivity contribution in [1.82, 2.24) is 19.7 Å². The summed E-state index contributed by atoms with van der Waals surface area (Å²) in [6.07, 6.45) is 7.34. The van der Waals surface area contributed by atoms with E-state index < -0.39 is 0 Å². The molecule has 1 aromatic carbocycles. The van der Waals surface area contributed by atoms with Crippen LogP contribution in [-0.4, -0.2) is 19.7 Å². The first kappa shape index (κ1) is 12.8. The van der Waals surface area contributed by atoms with Crippen molar-refractivity contribution in [3.63, 3.8) is 0 Å². The molecule has 4 rings (SSSR count). The topological polar surface area (TPSA) is 55.6 Å². The van der Waals surface area contributed by atoms with Gasteiger partial charge in [0.1, 0.15) is 12.4 Å². The van der Waals surface area contributed by atoms with Crippen LogP contribution in [0.15, 0.2) is 61.2 Å². The van der Waals surface area contributed by atoms with E-state index in [1.807, 2.05) is 23.0 Å². The van der Waals surface area contributed by atoms with Gasteiger partial charge in [-0.05, 0) is 30.7 Å². The number of aryl methyl sites for hydroxylation is 1. The molecule has 0 saturated carbocycles. The first-order valence-corrected chi connectivity index (χ1v) is 7.16. The van der Waals surface area contributed by atoms with Gasteiger partial charge in [-0.25, -0.2) is 4.68 Å². The van der Waals surface area contributed by atoms with E-state index in [9.17, 15) is 0 Å². The number of nitrogens with zero attached hydrogens (tertiary/aromatic N) is 4. The Morgan fingerprint density at radius 2 is 2.00 bits per heavy atom. The zero-order chi connectivity index (χ0) is 14.9. The van der Waals surface area contributed by atoms with Crippen molar-refractivity contribution < 1.29 is 0 Å². The van der Waals surface area contributed by atoms with Crippen molar-refractivity contribution in [3.8, 4) is 0 Å². The lowest BCUT2D eigenvalue weighted by Gasteiger charge is -2.24. The van der Waals surface area contributed by atoms with Crippen molar-refractivity contribution in [3.05, 3.63) is 77.9 Å². The first-order valence-electron chi connectivity index (χ1n) is 7.16. The molecule has 108 valence electrons. The van der Waals surface area contributed by atoms with Gasteiger partial charge in [0.05, 0.1) is 0 Å². The Bertz CT molecular complexity index is 818. The maximum absolute atomic E-state index is 4.35. The number of nitrogens with one attached hydrogen (secondary N) is 1. The third-order valence-electron chi connectivity index (χ3n) is 3.80. The quantitative estimate of drug-likeness (QED) is 0.788. The molecule has 5 heteroatoms. The summed E-state index contributed by atoms with van der Waals surface area (Å²) in [5.41, 5.74) is 4.46. The number of aromatic nitrogens is 4. The predicted octanol–water partition coefficient (Wildman–Crippen LogP) is 3.04. The van der Waals surface area contributed by atoms with E-state index in [-0.39, 0.29) is 6.04 Å². The van der Waals surface area contributed by atoms with Crippen molar-refractivity contribution in [1.29, 1.82) is 0 Å². The Kier molecular flexibility index (Phi) is 2.96. The van der Waals surface area contributed by atoms with E-state index in [1.165, 1.54) is 11.1 Å². The van der Waals surface area contributed by atoms with Crippen molar-refractivity contribution in [2.75, 3.05) is 5.32 Å². The molecule has 1 aliphatic heterocycles. The summed E-state index contributed by atoms with van der Waals surface area (Å²) in [6, 6.07) is 12.5. The number of hydrogen-bond acceptors (Lipinski definition) is 4. The van der Waals surface area contributed by atoms with E-state index in [2.05, 4.69) is 57.6 Å². The lowest BCUT2D eigenvalue weighted by molar-refractivity contribution is 0.612. The molecule has 2 aromatic heterocycles. The molecular formula is C17H15N5. The van der Waals surface area contributed by atoms with Crippen LogP contribution >= 0.6 is 0 Å². The van der Waals surface area contributed by atoms with E-state index in [0.29, 0.717) is 0 Å².